The van der Waals surface area contributed by atoms with Gasteiger partial charge in [0.2, 0.25) is 5.79 Å². The fourth-order valence-corrected chi connectivity index (χ4v) is 3.79. The van der Waals surface area contributed by atoms with Crippen LogP contribution in [-0.2, 0) is 10.5 Å². The standard InChI is InChI=1S/C22H27ClO12/c1-20(28,29)22(32,33)35-12-5-3-11(4-6-12)21(30,31)13-8-10(2-7-14(13)23)19-18(27)17(26)16(25)15(9-24)34-19/h2-8,15-19,24-33H,9H2,1H3. The van der Waals surface area contributed by atoms with E-state index in [2.05, 4.69) is 0 Å². The monoisotopic (exact) mass is 518 g/mol. The molecule has 0 saturated carbocycles. The molecule has 0 spiro atoms. The van der Waals surface area contributed by atoms with Crippen molar-refractivity contribution in [1.29, 1.82) is 0 Å². The fourth-order valence-electron chi connectivity index (χ4n) is 3.54. The lowest BCUT2D eigenvalue weighted by Gasteiger charge is -2.40. The third-order valence-corrected chi connectivity index (χ3v) is 6.05. The summed E-state index contributed by atoms with van der Waals surface area (Å²) in [5.41, 5.74) is -0.251. The molecule has 0 bridgehead atoms. The normalized spacial score (nSPS) is 26.0. The molecule has 0 aliphatic carbocycles. The minimum absolute atomic E-state index is 0.0928. The average Bonchev–Trinajstić information content (AvgIpc) is 2.77. The molecule has 5 atom stereocenters. The highest BCUT2D eigenvalue weighted by molar-refractivity contribution is 6.31. The first-order valence-corrected chi connectivity index (χ1v) is 10.7. The highest BCUT2D eigenvalue weighted by Gasteiger charge is 2.47. The maximum Gasteiger partial charge on any atom is 0.379 e. The van der Waals surface area contributed by atoms with E-state index in [-0.39, 0.29) is 27.5 Å². The van der Waals surface area contributed by atoms with Gasteiger partial charge in [0.25, 0.3) is 5.79 Å². The maximum atomic E-state index is 10.9. The lowest BCUT2D eigenvalue weighted by molar-refractivity contribution is -0.426. The van der Waals surface area contributed by atoms with Crippen LogP contribution in [0.2, 0.25) is 5.02 Å². The van der Waals surface area contributed by atoms with E-state index in [1.54, 1.807) is 0 Å². The van der Waals surface area contributed by atoms with Gasteiger partial charge in [-0.25, -0.2) is 0 Å². The summed E-state index contributed by atoms with van der Waals surface area (Å²) in [6.07, 6.45) is -7.24. The fraction of sp³-hybridized carbons (Fsp3) is 0.455. The van der Waals surface area contributed by atoms with E-state index >= 15 is 0 Å². The van der Waals surface area contributed by atoms with Crippen LogP contribution in [0.25, 0.3) is 0 Å². The minimum Gasteiger partial charge on any atom is -0.435 e. The van der Waals surface area contributed by atoms with Gasteiger partial charge in [-0.05, 0) is 48.9 Å². The number of hydrogen-bond donors (Lipinski definition) is 10. The molecule has 0 radical (unpaired) electrons. The van der Waals surface area contributed by atoms with Crippen LogP contribution in [0.15, 0.2) is 42.5 Å². The summed E-state index contributed by atoms with van der Waals surface area (Å²) in [6, 6.07) is 8.35. The topological polar surface area (TPSA) is 221 Å². The minimum atomic E-state index is -3.37. The predicted molar refractivity (Wildman–Crippen MR) is 116 cm³/mol. The van der Waals surface area contributed by atoms with Gasteiger partial charge in [-0.1, -0.05) is 17.7 Å². The highest BCUT2D eigenvalue weighted by Crippen LogP contribution is 2.38. The molecule has 1 fully saturated rings. The average molecular weight is 519 g/mol. The van der Waals surface area contributed by atoms with Crippen molar-refractivity contribution < 1.29 is 60.5 Å². The lowest BCUT2D eigenvalue weighted by atomic mass is 9.89. The van der Waals surface area contributed by atoms with E-state index in [0.29, 0.717) is 6.92 Å². The highest BCUT2D eigenvalue weighted by atomic mass is 35.5. The SMILES string of the molecule is CC(O)(O)C(O)(O)Oc1ccc(C(O)(O)c2cc(C3OC(CO)C(O)C(O)C3O)ccc2Cl)cc1. The Morgan fingerprint density at radius 2 is 1.49 bits per heavy atom. The molecule has 3 rings (SSSR count). The van der Waals surface area contributed by atoms with Crippen molar-refractivity contribution in [3.63, 3.8) is 0 Å². The molecule has 194 valence electrons. The molecule has 2 aromatic carbocycles. The van der Waals surface area contributed by atoms with Crippen LogP contribution < -0.4 is 4.74 Å². The zero-order chi connectivity index (χ0) is 26.3. The molecule has 35 heavy (non-hydrogen) atoms. The molecule has 1 aliphatic heterocycles. The van der Waals surface area contributed by atoms with E-state index < -0.39 is 54.7 Å². The maximum absolute atomic E-state index is 10.9. The molecule has 13 heteroatoms. The number of aliphatic hydroxyl groups is 10. The Morgan fingerprint density at radius 3 is 2.03 bits per heavy atom. The molecule has 12 nitrogen and oxygen atoms in total. The van der Waals surface area contributed by atoms with Gasteiger partial charge in [0.1, 0.15) is 36.3 Å². The van der Waals surface area contributed by atoms with Crippen molar-refractivity contribution >= 4 is 11.6 Å². The third-order valence-electron chi connectivity index (χ3n) is 5.72. The van der Waals surface area contributed by atoms with Gasteiger partial charge in [0.05, 0.1) is 6.61 Å². The van der Waals surface area contributed by atoms with Crippen molar-refractivity contribution in [2.75, 3.05) is 6.61 Å². The lowest BCUT2D eigenvalue weighted by Crippen LogP contribution is -2.56. The summed E-state index contributed by atoms with van der Waals surface area (Å²) in [4.78, 5) is 0. The number of aliphatic hydroxyl groups excluding tert-OH is 4. The van der Waals surface area contributed by atoms with Gasteiger partial charge in [-0.15, -0.1) is 0 Å². The molecule has 2 aromatic rings. The molecule has 1 aliphatic rings. The predicted octanol–water partition coefficient (Wildman–Crippen LogP) is -2.24. The van der Waals surface area contributed by atoms with Crippen LogP contribution in [0.3, 0.4) is 0 Å². The van der Waals surface area contributed by atoms with Crippen LogP contribution in [-0.4, -0.2) is 93.8 Å². The van der Waals surface area contributed by atoms with Gasteiger partial charge in [-0.2, -0.15) is 0 Å². The molecule has 1 saturated heterocycles. The second kappa shape index (κ2) is 9.86. The zero-order valence-electron chi connectivity index (χ0n) is 18.3. The van der Waals surface area contributed by atoms with Gasteiger partial charge in [0.15, 0.2) is 0 Å². The van der Waals surface area contributed by atoms with Crippen molar-refractivity contribution in [2.24, 2.45) is 0 Å². The quantitative estimate of drug-likeness (QED) is 0.176. The Kier molecular flexibility index (Phi) is 7.80. The first-order valence-electron chi connectivity index (χ1n) is 10.3. The van der Waals surface area contributed by atoms with Gasteiger partial charge >= 0.3 is 5.97 Å². The largest absolute Gasteiger partial charge is 0.435 e. The number of hydrogen-bond acceptors (Lipinski definition) is 12. The van der Waals surface area contributed by atoms with Crippen molar-refractivity contribution in [3.8, 4) is 5.75 Å². The number of halogens is 1. The number of rotatable bonds is 7. The zero-order valence-corrected chi connectivity index (χ0v) is 19.1. The van der Waals surface area contributed by atoms with Gasteiger partial charge < -0.3 is 60.5 Å². The van der Waals surface area contributed by atoms with E-state index in [1.807, 2.05) is 0 Å². The van der Waals surface area contributed by atoms with Crippen LogP contribution in [0.1, 0.15) is 29.7 Å². The summed E-state index contributed by atoms with van der Waals surface area (Å²) < 4.78 is 10.2. The second-order valence-corrected chi connectivity index (χ2v) is 8.82. The molecule has 0 aromatic heterocycles. The second-order valence-electron chi connectivity index (χ2n) is 8.42. The molecule has 5 unspecified atom stereocenters. The molecule has 10 N–H and O–H groups in total. The molecule has 1 heterocycles. The van der Waals surface area contributed by atoms with Crippen molar-refractivity contribution in [2.45, 2.75) is 55.0 Å². The smallest absolute Gasteiger partial charge is 0.379 e. The first kappa shape index (κ1) is 27.7. The Bertz CT molecular complexity index is 1020. The Morgan fingerprint density at radius 1 is 0.886 bits per heavy atom. The molecular weight excluding hydrogens is 492 g/mol. The van der Waals surface area contributed by atoms with Crippen molar-refractivity contribution in [3.05, 3.63) is 64.2 Å². The third kappa shape index (κ3) is 5.44. The van der Waals surface area contributed by atoms with E-state index in [1.165, 1.54) is 18.2 Å². The van der Waals surface area contributed by atoms with E-state index in [4.69, 9.17) is 21.1 Å². The van der Waals surface area contributed by atoms with Gasteiger partial charge in [0, 0.05) is 16.1 Å². The van der Waals surface area contributed by atoms with Crippen LogP contribution >= 0.6 is 11.6 Å². The Balaban J connectivity index is 1.91. The summed E-state index contributed by atoms with van der Waals surface area (Å²) in [6.45, 7) is 0.0349. The van der Waals surface area contributed by atoms with Gasteiger partial charge in [-0.3, -0.25) is 0 Å². The van der Waals surface area contributed by atoms with Crippen LogP contribution in [0.4, 0.5) is 0 Å². The first-order chi connectivity index (χ1) is 16.1. The van der Waals surface area contributed by atoms with Crippen LogP contribution in [0, 0.1) is 0 Å². The van der Waals surface area contributed by atoms with Crippen LogP contribution in [0.5, 0.6) is 5.75 Å². The summed E-state index contributed by atoms with van der Waals surface area (Å²) >= 11 is 6.18. The Hall–Kier alpha value is -1.91. The van der Waals surface area contributed by atoms with E-state index in [0.717, 1.165) is 24.3 Å². The van der Waals surface area contributed by atoms with E-state index in [9.17, 15) is 51.1 Å². The summed E-state index contributed by atoms with van der Waals surface area (Å²) in [7, 11) is 0. The molecular formula is C22H27ClO12. The Labute approximate surface area is 204 Å². The molecule has 0 amide bonds. The van der Waals surface area contributed by atoms with Crippen molar-refractivity contribution in [1.82, 2.24) is 0 Å². The number of ether oxygens (including phenoxy) is 2. The summed E-state index contributed by atoms with van der Waals surface area (Å²) in [5, 5.41) is 99.4. The summed E-state index contributed by atoms with van der Waals surface area (Å²) in [5.74, 6) is -9.38. The number of benzene rings is 2.